The second kappa shape index (κ2) is 9.14. The van der Waals surface area contributed by atoms with Crippen molar-refractivity contribution in [2.75, 3.05) is 13.2 Å². The summed E-state index contributed by atoms with van der Waals surface area (Å²) >= 11 is 0. The molecule has 0 fully saturated rings. The topological polar surface area (TPSA) is 18.5 Å². The van der Waals surface area contributed by atoms with Gasteiger partial charge in [0.2, 0.25) is 0 Å². The normalized spacial score (nSPS) is 10.5. The Kier molecular flexibility index (Phi) is 6.82. The van der Waals surface area contributed by atoms with E-state index in [1.165, 1.54) is 24.0 Å². The third-order valence-corrected chi connectivity index (χ3v) is 3.54. The molecule has 0 N–H and O–H groups in total. The smallest absolute Gasteiger partial charge is 0.122 e. The van der Waals surface area contributed by atoms with E-state index in [-0.39, 0.29) is 0 Å². The van der Waals surface area contributed by atoms with Gasteiger partial charge in [-0.2, -0.15) is 0 Å². The molecule has 0 saturated heterocycles. The van der Waals surface area contributed by atoms with Crippen LogP contribution in [-0.2, 0) is 12.8 Å². The van der Waals surface area contributed by atoms with Crippen molar-refractivity contribution in [2.24, 2.45) is 0 Å². The Morgan fingerprint density at radius 1 is 0.591 bits per heavy atom. The van der Waals surface area contributed by atoms with Crippen LogP contribution >= 0.6 is 0 Å². The molecule has 2 nitrogen and oxygen atoms in total. The average molecular weight is 298 g/mol. The van der Waals surface area contributed by atoms with Crippen LogP contribution in [0.3, 0.4) is 0 Å². The van der Waals surface area contributed by atoms with Crippen LogP contribution in [0.15, 0.2) is 48.5 Å². The largest absolute Gasteiger partial charge is 0.490 e. The fourth-order valence-corrected chi connectivity index (χ4v) is 2.40. The SMILES string of the molecule is CCCc1ccc(OCCOc2ccc(CCC)cc2)cc1. The molecule has 2 heteroatoms. The fourth-order valence-electron chi connectivity index (χ4n) is 2.40. The van der Waals surface area contributed by atoms with E-state index in [1.54, 1.807) is 0 Å². The lowest BCUT2D eigenvalue weighted by Gasteiger charge is -2.09. The first-order valence-corrected chi connectivity index (χ1v) is 8.25. The molecule has 0 atom stereocenters. The van der Waals surface area contributed by atoms with Crippen molar-refractivity contribution in [3.63, 3.8) is 0 Å². The van der Waals surface area contributed by atoms with Crippen LogP contribution in [0.2, 0.25) is 0 Å². The summed E-state index contributed by atoms with van der Waals surface area (Å²) in [5.74, 6) is 1.81. The first kappa shape index (κ1) is 16.4. The van der Waals surface area contributed by atoms with Crippen molar-refractivity contribution in [3.8, 4) is 11.5 Å². The van der Waals surface area contributed by atoms with Crippen LogP contribution in [0.25, 0.3) is 0 Å². The Morgan fingerprint density at radius 3 is 1.27 bits per heavy atom. The van der Waals surface area contributed by atoms with Gasteiger partial charge in [0.25, 0.3) is 0 Å². The fraction of sp³-hybridized carbons (Fsp3) is 0.400. The van der Waals surface area contributed by atoms with Crippen LogP contribution in [0.4, 0.5) is 0 Å². The zero-order valence-electron chi connectivity index (χ0n) is 13.7. The molecule has 0 aromatic heterocycles. The van der Waals surface area contributed by atoms with Crippen LogP contribution in [0.1, 0.15) is 37.8 Å². The summed E-state index contributed by atoms with van der Waals surface area (Å²) in [5, 5.41) is 0. The summed E-state index contributed by atoms with van der Waals surface area (Å²) in [6.07, 6.45) is 4.59. The molecule has 0 saturated carbocycles. The predicted octanol–water partition coefficient (Wildman–Crippen LogP) is 5.05. The zero-order valence-corrected chi connectivity index (χ0v) is 13.7. The monoisotopic (exact) mass is 298 g/mol. The highest BCUT2D eigenvalue weighted by molar-refractivity contribution is 5.28. The van der Waals surface area contributed by atoms with Crippen molar-refractivity contribution < 1.29 is 9.47 Å². The van der Waals surface area contributed by atoms with Crippen LogP contribution < -0.4 is 9.47 Å². The molecule has 0 aliphatic heterocycles. The standard InChI is InChI=1S/C20H26O2/c1-3-5-17-7-11-19(12-8-17)21-15-16-22-20-13-9-18(6-4-2)10-14-20/h7-14H,3-6,15-16H2,1-2H3. The average Bonchev–Trinajstić information content (AvgIpc) is 2.55. The summed E-state index contributed by atoms with van der Waals surface area (Å²) in [4.78, 5) is 0. The van der Waals surface area contributed by atoms with Gasteiger partial charge < -0.3 is 9.47 Å². The zero-order chi connectivity index (χ0) is 15.6. The third-order valence-electron chi connectivity index (χ3n) is 3.54. The van der Waals surface area contributed by atoms with Crippen LogP contribution in [0.5, 0.6) is 11.5 Å². The van der Waals surface area contributed by atoms with Gasteiger partial charge in [-0.3, -0.25) is 0 Å². The second-order valence-corrected chi connectivity index (χ2v) is 5.48. The molecule has 2 rings (SSSR count). The molecule has 0 unspecified atom stereocenters. The van der Waals surface area contributed by atoms with Gasteiger partial charge in [-0.1, -0.05) is 51.0 Å². The molecule has 0 heterocycles. The molecule has 0 spiro atoms. The molecule has 0 bridgehead atoms. The summed E-state index contributed by atoms with van der Waals surface area (Å²) in [7, 11) is 0. The van der Waals surface area contributed by atoms with Crippen LogP contribution in [0, 0.1) is 0 Å². The maximum Gasteiger partial charge on any atom is 0.122 e. The molecule has 2 aromatic carbocycles. The number of aryl methyl sites for hydroxylation is 2. The van der Waals surface area contributed by atoms with E-state index in [2.05, 4.69) is 38.1 Å². The van der Waals surface area contributed by atoms with Gasteiger partial charge in [0.1, 0.15) is 24.7 Å². The van der Waals surface area contributed by atoms with Gasteiger partial charge in [-0.15, -0.1) is 0 Å². The summed E-state index contributed by atoms with van der Waals surface area (Å²) in [6, 6.07) is 16.7. The lowest BCUT2D eigenvalue weighted by molar-refractivity contribution is 0.217. The number of benzene rings is 2. The minimum Gasteiger partial charge on any atom is -0.490 e. The quantitative estimate of drug-likeness (QED) is 0.603. The Balaban J connectivity index is 1.70. The molecule has 118 valence electrons. The van der Waals surface area contributed by atoms with Gasteiger partial charge >= 0.3 is 0 Å². The minimum absolute atomic E-state index is 0.559. The Morgan fingerprint density at radius 2 is 0.955 bits per heavy atom. The van der Waals surface area contributed by atoms with Gasteiger partial charge in [0, 0.05) is 0 Å². The van der Waals surface area contributed by atoms with Crippen molar-refractivity contribution >= 4 is 0 Å². The highest BCUT2D eigenvalue weighted by atomic mass is 16.5. The van der Waals surface area contributed by atoms with Crippen LogP contribution in [-0.4, -0.2) is 13.2 Å². The molecule has 2 aromatic rings. The molecule has 0 amide bonds. The minimum atomic E-state index is 0.559. The van der Waals surface area contributed by atoms with E-state index < -0.39 is 0 Å². The highest BCUT2D eigenvalue weighted by Gasteiger charge is 1.98. The number of ether oxygens (including phenoxy) is 2. The van der Waals surface area contributed by atoms with E-state index in [0.717, 1.165) is 24.3 Å². The van der Waals surface area contributed by atoms with Gasteiger partial charge in [0.05, 0.1) is 0 Å². The Hall–Kier alpha value is -1.96. The van der Waals surface area contributed by atoms with Crippen molar-refractivity contribution in [1.82, 2.24) is 0 Å². The van der Waals surface area contributed by atoms with Gasteiger partial charge in [0.15, 0.2) is 0 Å². The van der Waals surface area contributed by atoms with E-state index in [4.69, 9.17) is 9.47 Å². The van der Waals surface area contributed by atoms with E-state index in [0.29, 0.717) is 13.2 Å². The first-order chi connectivity index (χ1) is 10.8. The van der Waals surface area contributed by atoms with Gasteiger partial charge in [-0.25, -0.2) is 0 Å². The molecule has 0 radical (unpaired) electrons. The lowest BCUT2D eigenvalue weighted by Crippen LogP contribution is -2.09. The van der Waals surface area contributed by atoms with Crippen molar-refractivity contribution in [1.29, 1.82) is 0 Å². The van der Waals surface area contributed by atoms with E-state index in [9.17, 15) is 0 Å². The molecule has 22 heavy (non-hydrogen) atoms. The summed E-state index contributed by atoms with van der Waals surface area (Å²) in [5.41, 5.74) is 2.72. The first-order valence-electron chi connectivity index (χ1n) is 8.25. The maximum absolute atomic E-state index is 5.70. The molecular formula is C20H26O2. The predicted molar refractivity (Wildman–Crippen MR) is 91.9 cm³/mol. The lowest BCUT2D eigenvalue weighted by atomic mass is 10.1. The van der Waals surface area contributed by atoms with E-state index in [1.807, 2.05) is 24.3 Å². The number of hydrogen-bond acceptors (Lipinski definition) is 2. The van der Waals surface area contributed by atoms with Crippen molar-refractivity contribution in [2.45, 2.75) is 39.5 Å². The molecule has 0 aliphatic carbocycles. The Labute approximate surface area is 134 Å². The number of rotatable bonds is 9. The molecule has 0 aliphatic rings. The van der Waals surface area contributed by atoms with Crippen molar-refractivity contribution in [3.05, 3.63) is 59.7 Å². The van der Waals surface area contributed by atoms with E-state index >= 15 is 0 Å². The highest BCUT2D eigenvalue weighted by Crippen LogP contribution is 2.15. The third kappa shape index (κ3) is 5.44. The van der Waals surface area contributed by atoms with Gasteiger partial charge in [-0.05, 0) is 48.2 Å². The molecular weight excluding hydrogens is 272 g/mol. The summed E-state index contributed by atoms with van der Waals surface area (Å²) in [6.45, 7) is 5.50. The Bertz CT molecular complexity index is 477. The summed E-state index contributed by atoms with van der Waals surface area (Å²) < 4.78 is 11.4. The number of hydrogen-bond donors (Lipinski definition) is 0. The second-order valence-electron chi connectivity index (χ2n) is 5.48. The maximum atomic E-state index is 5.70.